The van der Waals surface area contributed by atoms with E-state index < -0.39 is 6.09 Å². The molecule has 0 aromatic carbocycles. The smallest absolute Gasteiger partial charge is 0.137 e. The number of hydrogen-bond donors (Lipinski definition) is 1. The number of piperazine rings is 1. The van der Waals surface area contributed by atoms with Crippen LogP contribution >= 0.6 is 0 Å². The van der Waals surface area contributed by atoms with Gasteiger partial charge in [-0.15, -0.1) is 0 Å². The number of carbonyl (C=O) groups is 1. The number of likely N-dealkylation sites (tertiary alicyclic amines) is 1. The zero-order valence-corrected chi connectivity index (χ0v) is 8.58. The SMILES string of the molecule is CCCCC12CNC(CN1C(=O)[O-])C2. The number of carboxylic acid groups (broad SMARTS) is 1. The van der Waals surface area contributed by atoms with Gasteiger partial charge in [-0.05, 0) is 12.8 Å². The highest BCUT2D eigenvalue weighted by atomic mass is 16.4. The van der Waals surface area contributed by atoms with Gasteiger partial charge in [0.25, 0.3) is 0 Å². The Labute approximate surface area is 84.3 Å². The maximum absolute atomic E-state index is 10.9. The number of fused-ring (bicyclic) bond motifs is 2. The van der Waals surface area contributed by atoms with Crippen molar-refractivity contribution < 1.29 is 9.90 Å². The van der Waals surface area contributed by atoms with Crippen molar-refractivity contribution in [1.29, 1.82) is 0 Å². The molecule has 0 radical (unpaired) electrons. The maximum atomic E-state index is 10.9. The summed E-state index contributed by atoms with van der Waals surface area (Å²) < 4.78 is 0. The molecule has 1 N–H and O–H groups in total. The average Bonchev–Trinajstić information content (AvgIpc) is 2.71. The van der Waals surface area contributed by atoms with Crippen LogP contribution < -0.4 is 10.4 Å². The highest BCUT2D eigenvalue weighted by Gasteiger charge is 2.49. The second-order valence-electron chi connectivity index (χ2n) is 4.49. The Hall–Kier alpha value is -0.770. The lowest BCUT2D eigenvalue weighted by Crippen LogP contribution is -2.58. The minimum absolute atomic E-state index is 0.139. The summed E-state index contributed by atoms with van der Waals surface area (Å²) in [5.74, 6) is 0. The first kappa shape index (κ1) is 9.77. The van der Waals surface area contributed by atoms with E-state index in [-0.39, 0.29) is 5.54 Å². The summed E-state index contributed by atoms with van der Waals surface area (Å²) >= 11 is 0. The van der Waals surface area contributed by atoms with Gasteiger partial charge in [-0.25, -0.2) is 0 Å². The van der Waals surface area contributed by atoms with Gasteiger partial charge in [-0.1, -0.05) is 19.8 Å². The van der Waals surface area contributed by atoms with Gasteiger partial charge in [-0.3, -0.25) is 0 Å². The summed E-state index contributed by atoms with van der Waals surface area (Å²) in [6.45, 7) is 3.56. The van der Waals surface area contributed by atoms with Crippen LogP contribution in [0, 0.1) is 0 Å². The molecule has 2 heterocycles. The third kappa shape index (κ3) is 1.38. The lowest BCUT2D eigenvalue weighted by Gasteiger charge is -2.40. The van der Waals surface area contributed by atoms with Crippen molar-refractivity contribution >= 4 is 6.09 Å². The highest BCUT2D eigenvalue weighted by Crippen LogP contribution is 2.37. The molecule has 0 saturated carbocycles. The predicted molar refractivity (Wildman–Crippen MR) is 50.8 cm³/mol. The van der Waals surface area contributed by atoms with Crippen LogP contribution in [0.2, 0.25) is 0 Å². The predicted octanol–water partition coefficient (Wildman–Crippen LogP) is -0.0638. The van der Waals surface area contributed by atoms with E-state index in [0.717, 1.165) is 32.2 Å². The first-order chi connectivity index (χ1) is 6.68. The molecule has 2 atom stereocenters. The van der Waals surface area contributed by atoms with E-state index in [1.165, 1.54) is 0 Å². The number of nitrogens with zero attached hydrogens (tertiary/aromatic N) is 1. The molecule has 4 heteroatoms. The van der Waals surface area contributed by atoms with Gasteiger partial charge in [0, 0.05) is 19.1 Å². The highest BCUT2D eigenvalue weighted by molar-refractivity contribution is 5.65. The van der Waals surface area contributed by atoms with Crippen molar-refractivity contribution in [3.05, 3.63) is 0 Å². The molecule has 14 heavy (non-hydrogen) atoms. The summed E-state index contributed by atoms with van der Waals surface area (Å²) in [6, 6.07) is 0.366. The van der Waals surface area contributed by atoms with Crippen LogP contribution in [0.3, 0.4) is 0 Å². The molecule has 0 spiro atoms. The number of unbranched alkanes of at least 4 members (excludes halogenated alkanes) is 1. The Bertz CT molecular complexity index is 244. The van der Waals surface area contributed by atoms with E-state index in [0.29, 0.717) is 12.6 Å². The molecule has 2 rings (SSSR count). The van der Waals surface area contributed by atoms with Crippen LogP contribution in [0.15, 0.2) is 0 Å². The fourth-order valence-electron chi connectivity index (χ4n) is 2.79. The van der Waals surface area contributed by atoms with Crippen molar-refractivity contribution in [3.63, 3.8) is 0 Å². The molecule has 0 aromatic heterocycles. The molecule has 2 unspecified atom stereocenters. The zero-order valence-electron chi connectivity index (χ0n) is 8.58. The molecule has 2 aliphatic rings. The van der Waals surface area contributed by atoms with Gasteiger partial charge in [0.05, 0.1) is 5.54 Å². The minimum Gasteiger partial charge on any atom is -0.530 e. The van der Waals surface area contributed by atoms with Crippen LogP contribution in [0.4, 0.5) is 4.79 Å². The summed E-state index contributed by atoms with van der Waals surface area (Å²) in [5, 5.41) is 14.3. The second-order valence-corrected chi connectivity index (χ2v) is 4.49. The maximum Gasteiger partial charge on any atom is 0.137 e. The fourth-order valence-corrected chi connectivity index (χ4v) is 2.79. The number of nitrogens with one attached hydrogen (secondary N) is 1. The van der Waals surface area contributed by atoms with Gasteiger partial charge in [-0.2, -0.15) is 0 Å². The summed E-state index contributed by atoms with van der Waals surface area (Å²) in [5.41, 5.74) is -0.139. The van der Waals surface area contributed by atoms with Crippen LogP contribution in [-0.4, -0.2) is 35.7 Å². The molecule has 0 aliphatic carbocycles. The molecule has 4 nitrogen and oxygen atoms in total. The van der Waals surface area contributed by atoms with Gasteiger partial charge in [0.1, 0.15) is 6.09 Å². The van der Waals surface area contributed by atoms with E-state index in [9.17, 15) is 9.90 Å². The Kier molecular flexibility index (Phi) is 2.39. The Morgan fingerprint density at radius 3 is 3.07 bits per heavy atom. The van der Waals surface area contributed by atoms with E-state index >= 15 is 0 Å². The van der Waals surface area contributed by atoms with Crippen LogP contribution in [-0.2, 0) is 0 Å². The third-order valence-corrected chi connectivity index (χ3v) is 3.54. The minimum atomic E-state index is -0.995. The van der Waals surface area contributed by atoms with Crippen LogP contribution in [0.25, 0.3) is 0 Å². The average molecular weight is 197 g/mol. The largest absolute Gasteiger partial charge is 0.530 e. The fraction of sp³-hybridized carbons (Fsp3) is 0.900. The van der Waals surface area contributed by atoms with Crippen molar-refractivity contribution in [2.75, 3.05) is 13.1 Å². The molecule has 80 valence electrons. The first-order valence-corrected chi connectivity index (χ1v) is 5.40. The van der Waals surface area contributed by atoms with Gasteiger partial charge >= 0.3 is 0 Å². The van der Waals surface area contributed by atoms with Crippen LogP contribution in [0.1, 0.15) is 32.6 Å². The normalized spacial score (nSPS) is 35.2. The van der Waals surface area contributed by atoms with E-state index in [1.54, 1.807) is 4.90 Å². The summed E-state index contributed by atoms with van der Waals surface area (Å²) in [6.07, 6.45) is 3.16. The lowest BCUT2D eigenvalue weighted by atomic mass is 9.92. The van der Waals surface area contributed by atoms with E-state index in [1.807, 2.05) is 0 Å². The van der Waals surface area contributed by atoms with Crippen LogP contribution in [0.5, 0.6) is 0 Å². The molecule has 0 aromatic rings. The van der Waals surface area contributed by atoms with E-state index in [4.69, 9.17) is 0 Å². The van der Waals surface area contributed by atoms with Gasteiger partial charge in [0.2, 0.25) is 0 Å². The summed E-state index contributed by atoms with van der Waals surface area (Å²) in [7, 11) is 0. The Morgan fingerprint density at radius 2 is 2.50 bits per heavy atom. The molecular weight excluding hydrogens is 180 g/mol. The van der Waals surface area contributed by atoms with Crippen molar-refractivity contribution in [2.24, 2.45) is 0 Å². The standard InChI is InChI=1S/C10H18N2O2/c1-2-3-4-10-5-8(11-7-10)6-12(10)9(13)14/h8,11H,2-7H2,1H3,(H,13,14)/p-1. The van der Waals surface area contributed by atoms with Crippen molar-refractivity contribution in [3.8, 4) is 0 Å². The van der Waals surface area contributed by atoms with Gasteiger partial charge in [0.15, 0.2) is 0 Å². The molecule has 2 saturated heterocycles. The quantitative estimate of drug-likeness (QED) is 0.689. The Morgan fingerprint density at radius 1 is 1.71 bits per heavy atom. The second kappa shape index (κ2) is 3.42. The molecule has 1 amide bonds. The molecule has 2 bridgehead atoms. The zero-order chi connectivity index (χ0) is 10.2. The first-order valence-electron chi connectivity index (χ1n) is 5.40. The number of rotatable bonds is 3. The molecule has 2 fully saturated rings. The van der Waals surface area contributed by atoms with Crippen molar-refractivity contribution in [1.82, 2.24) is 10.2 Å². The van der Waals surface area contributed by atoms with Gasteiger partial charge < -0.3 is 20.1 Å². The number of hydrogen-bond acceptors (Lipinski definition) is 3. The lowest BCUT2D eigenvalue weighted by molar-refractivity contribution is -0.270. The third-order valence-electron chi connectivity index (χ3n) is 3.54. The number of amides is 1. The number of carbonyl (C=O) groups excluding carboxylic acids is 1. The molecule has 2 aliphatic heterocycles. The summed E-state index contributed by atoms with van der Waals surface area (Å²) in [4.78, 5) is 12.5. The Balaban J connectivity index is 2.09. The topological polar surface area (TPSA) is 55.4 Å². The van der Waals surface area contributed by atoms with Crippen molar-refractivity contribution in [2.45, 2.75) is 44.2 Å². The molecular formula is C10H17N2O2-. The van der Waals surface area contributed by atoms with E-state index in [2.05, 4.69) is 12.2 Å². The monoisotopic (exact) mass is 197 g/mol.